The van der Waals surface area contributed by atoms with Gasteiger partial charge in [0.25, 0.3) is 0 Å². The van der Waals surface area contributed by atoms with E-state index in [1.165, 1.54) is 4.90 Å². The molecule has 1 fully saturated rings. The molecule has 1 heterocycles. The third-order valence-corrected chi connectivity index (χ3v) is 5.07. The van der Waals surface area contributed by atoms with Gasteiger partial charge >= 0.3 is 6.09 Å². The molecule has 136 valence electrons. The van der Waals surface area contributed by atoms with Gasteiger partial charge in [0.15, 0.2) is 0 Å². The number of benzene rings is 2. The Kier molecular flexibility index (Phi) is 5.56. The van der Waals surface area contributed by atoms with Crippen LogP contribution in [0.15, 0.2) is 60.7 Å². The Labute approximate surface area is 153 Å². The van der Waals surface area contributed by atoms with Gasteiger partial charge in [0.2, 0.25) is 5.91 Å². The highest BCUT2D eigenvalue weighted by Crippen LogP contribution is 2.27. The molecule has 1 saturated heterocycles. The van der Waals surface area contributed by atoms with Crippen molar-refractivity contribution >= 4 is 12.0 Å². The first-order chi connectivity index (χ1) is 12.6. The average Bonchev–Trinajstić information content (AvgIpc) is 3.01. The summed E-state index contributed by atoms with van der Waals surface area (Å²) >= 11 is 0. The summed E-state index contributed by atoms with van der Waals surface area (Å²) in [5.74, 6) is -0.251. The van der Waals surface area contributed by atoms with Gasteiger partial charge in [0, 0.05) is 25.7 Å². The molecule has 2 aromatic carbocycles. The fraction of sp³-hybridized carbons (Fsp3) is 0.333. The van der Waals surface area contributed by atoms with Crippen molar-refractivity contribution in [3.63, 3.8) is 0 Å². The van der Waals surface area contributed by atoms with Crippen molar-refractivity contribution < 1.29 is 14.7 Å². The lowest BCUT2D eigenvalue weighted by atomic mass is 9.98. The Bertz CT molecular complexity index is 748. The molecular formula is C21H24N2O3. The molecule has 5 heteroatoms. The van der Waals surface area contributed by atoms with Gasteiger partial charge in [0.1, 0.15) is 0 Å². The minimum Gasteiger partial charge on any atom is -0.465 e. The quantitative estimate of drug-likeness (QED) is 0.864. The molecule has 2 aromatic rings. The second kappa shape index (κ2) is 8.04. The summed E-state index contributed by atoms with van der Waals surface area (Å²) in [5.41, 5.74) is 2.02. The molecule has 0 spiro atoms. The zero-order valence-corrected chi connectivity index (χ0v) is 14.9. The third kappa shape index (κ3) is 4.04. The van der Waals surface area contributed by atoms with Gasteiger partial charge in [-0.3, -0.25) is 4.79 Å². The van der Waals surface area contributed by atoms with E-state index < -0.39 is 6.09 Å². The van der Waals surface area contributed by atoms with E-state index in [9.17, 15) is 14.7 Å². The average molecular weight is 352 g/mol. The number of hydrogen-bond acceptors (Lipinski definition) is 2. The molecule has 0 saturated carbocycles. The molecule has 3 rings (SSSR count). The molecule has 2 atom stereocenters. The smallest absolute Gasteiger partial charge is 0.407 e. The van der Waals surface area contributed by atoms with Crippen molar-refractivity contribution in [3.05, 3.63) is 71.8 Å². The zero-order valence-electron chi connectivity index (χ0n) is 14.9. The largest absolute Gasteiger partial charge is 0.465 e. The van der Waals surface area contributed by atoms with Crippen LogP contribution < -0.4 is 0 Å². The second-order valence-corrected chi connectivity index (χ2v) is 6.78. The summed E-state index contributed by atoms with van der Waals surface area (Å²) in [6.45, 7) is 3.38. The summed E-state index contributed by atoms with van der Waals surface area (Å²) in [5, 5.41) is 9.65. The van der Waals surface area contributed by atoms with E-state index in [2.05, 4.69) is 0 Å². The molecule has 0 radical (unpaired) electrons. The van der Waals surface area contributed by atoms with E-state index in [-0.39, 0.29) is 17.9 Å². The predicted octanol–water partition coefficient (Wildman–Crippen LogP) is 3.60. The van der Waals surface area contributed by atoms with E-state index >= 15 is 0 Å². The molecule has 0 aromatic heterocycles. The number of nitrogens with zero attached hydrogens (tertiary/aromatic N) is 2. The topological polar surface area (TPSA) is 60.9 Å². The summed E-state index contributed by atoms with van der Waals surface area (Å²) in [6, 6.07) is 19.0. The molecule has 0 bridgehead atoms. The van der Waals surface area contributed by atoms with Crippen LogP contribution in [0, 0.1) is 5.92 Å². The van der Waals surface area contributed by atoms with Crippen LogP contribution in [0.1, 0.15) is 24.5 Å². The van der Waals surface area contributed by atoms with Crippen LogP contribution in [-0.4, -0.2) is 39.5 Å². The van der Waals surface area contributed by atoms with Gasteiger partial charge in [0.05, 0.1) is 5.92 Å². The van der Waals surface area contributed by atoms with Gasteiger partial charge in [-0.1, -0.05) is 60.7 Å². The minimum atomic E-state index is -0.990. The molecule has 1 aliphatic heterocycles. The van der Waals surface area contributed by atoms with Crippen molar-refractivity contribution in [3.8, 4) is 0 Å². The van der Waals surface area contributed by atoms with Crippen LogP contribution in [-0.2, 0) is 17.9 Å². The Morgan fingerprint density at radius 3 is 2.27 bits per heavy atom. The molecular weight excluding hydrogens is 328 g/mol. The lowest BCUT2D eigenvalue weighted by Crippen LogP contribution is -2.44. The maximum Gasteiger partial charge on any atom is 0.407 e. The van der Waals surface area contributed by atoms with Crippen LogP contribution >= 0.6 is 0 Å². The van der Waals surface area contributed by atoms with Crippen LogP contribution in [0.2, 0.25) is 0 Å². The maximum absolute atomic E-state index is 12.8. The first kappa shape index (κ1) is 18.0. The lowest BCUT2D eigenvalue weighted by Gasteiger charge is -2.30. The monoisotopic (exact) mass is 352 g/mol. The molecule has 5 nitrogen and oxygen atoms in total. The minimum absolute atomic E-state index is 0.0423. The lowest BCUT2D eigenvalue weighted by molar-refractivity contribution is -0.132. The third-order valence-electron chi connectivity index (χ3n) is 5.07. The predicted molar refractivity (Wildman–Crippen MR) is 99.4 cm³/mol. The number of carboxylic acid groups (broad SMARTS) is 1. The summed E-state index contributed by atoms with van der Waals surface area (Å²) in [7, 11) is 0. The van der Waals surface area contributed by atoms with Gasteiger partial charge < -0.3 is 14.9 Å². The van der Waals surface area contributed by atoms with Crippen molar-refractivity contribution in [1.82, 2.24) is 9.80 Å². The van der Waals surface area contributed by atoms with Crippen molar-refractivity contribution in [2.24, 2.45) is 5.92 Å². The number of rotatable bonds is 6. The molecule has 2 amide bonds. The normalized spacial score (nSPS) is 18.0. The molecule has 0 unspecified atom stereocenters. The SMILES string of the molecule is C[C@@H]([C@@H]1CCN(Cc2ccccc2)C1=O)N(Cc1ccccc1)C(=O)O. The van der Waals surface area contributed by atoms with E-state index in [0.29, 0.717) is 26.1 Å². The van der Waals surface area contributed by atoms with E-state index in [1.807, 2.05) is 72.5 Å². The van der Waals surface area contributed by atoms with Crippen molar-refractivity contribution in [2.75, 3.05) is 6.54 Å². The van der Waals surface area contributed by atoms with Crippen LogP contribution in [0.4, 0.5) is 4.79 Å². The Hall–Kier alpha value is -2.82. The summed E-state index contributed by atoms with van der Waals surface area (Å²) in [4.78, 5) is 27.8. The van der Waals surface area contributed by atoms with Crippen LogP contribution in [0.5, 0.6) is 0 Å². The molecule has 1 N–H and O–H groups in total. The number of amides is 2. The fourth-order valence-corrected chi connectivity index (χ4v) is 3.55. The Morgan fingerprint density at radius 1 is 1.12 bits per heavy atom. The van der Waals surface area contributed by atoms with Gasteiger partial charge in [-0.05, 0) is 24.5 Å². The fourth-order valence-electron chi connectivity index (χ4n) is 3.55. The highest BCUT2D eigenvalue weighted by atomic mass is 16.4. The summed E-state index contributed by atoms with van der Waals surface area (Å²) < 4.78 is 0. The first-order valence-corrected chi connectivity index (χ1v) is 8.92. The standard InChI is InChI=1S/C21H24N2O3/c1-16(23(21(25)26)15-18-10-6-3-7-11-18)19-12-13-22(20(19)24)14-17-8-4-2-5-9-17/h2-11,16,19H,12-15H2,1H3,(H,25,26)/t16-,19-/m0/s1. The second-order valence-electron chi connectivity index (χ2n) is 6.78. The molecule has 26 heavy (non-hydrogen) atoms. The van der Waals surface area contributed by atoms with Gasteiger partial charge in [-0.2, -0.15) is 0 Å². The Morgan fingerprint density at radius 2 is 1.69 bits per heavy atom. The van der Waals surface area contributed by atoms with Gasteiger partial charge in [-0.15, -0.1) is 0 Å². The van der Waals surface area contributed by atoms with E-state index in [4.69, 9.17) is 0 Å². The summed E-state index contributed by atoms with van der Waals surface area (Å²) in [6.07, 6.45) is -0.304. The highest BCUT2D eigenvalue weighted by molar-refractivity contribution is 5.82. The highest BCUT2D eigenvalue weighted by Gasteiger charge is 2.39. The number of carbonyl (C=O) groups excluding carboxylic acids is 1. The van der Waals surface area contributed by atoms with Crippen LogP contribution in [0.3, 0.4) is 0 Å². The van der Waals surface area contributed by atoms with Gasteiger partial charge in [-0.25, -0.2) is 4.79 Å². The first-order valence-electron chi connectivity index (χ1n) is 8.92. The number of hydrogen-bond donors (Lipinski definition) is 1. The maximum atomic E-state index is 12.8. The molecule has 1 aliphatic rings. The Balaban J connectivity index is 1.68. The van der Waals surface area contributed by atoms with E-state index in [1.54, 1.807) is 0 Å². The van der Waals surface area contributed by atoms with E-state index in [0.717, 1.165) is 11.1 Å². The number of carbonyl (C=O) groups is 2. The molecule has 0 aliphatic carbocycles. The number of likely N-dealkylation sites (tertiary alicyclic amines) is 1. The van der Waals surface area contributed by atoms with Crippen molar-refractivity contribution in [2.45, 2.75) is 32.5 Å². The zero-order chi connectivity index (χ0) is 18.5. The van der Waals surface area contributed by atoms with Crippen LogP contribution in [0.25, 0.3) is 0 Å². The van der Waals surface area contributed by atoms with Crippen molar-refractivity contribution in [1.29, 1.82) is 0 Å².